The van der Waals surface area contributed by atoms with Gasteiger partial charge < -0.3 is 24.1 Å². The highest BCUT2D eigenvalue weighted by atomic mass is 16.5. The molecular weight excluding hydrogens is 380 g/mol. The van der Waals surface area contributed by atoms with E-state index < -0.39 is 0 Å². The van der Waals surface area contributed by atoms with Crippen LogP contribution in [0.1, 0.15) is 36.1 Å². The number of hydrogen-bond donors (Lipinski definition) is 1. The smallest absolute Gasteiger partial charge is 0.210 e. The summed E-state index contributed by atoms with van der Waals surface area (Å²) in [5.41, 5.74) is 4.68. The topological polar surface area (TPSA) is 63.8 Å². The number of benzene rings is 2. The van der Waals surface area contributed by atoms with E-state index in [0.717, 1.165) is 59.4 Å². The molecule has 0 radical (unpaired) electrons. The van der Waals surface area contributed by atoms with E-state index in [4.69, 9.17) is 14.2 Å². The lowest BCUT2D eigenvalue weighted by Gasteiger charge is -2.35. The number of aromatic nitrogens is 1. The van der Waals surface area contributed by atoms with Gasteiger partial charge in [0.2, 0.25) is 6.41 Å². The minimum absolute atomic E-state index is 0.00641. The molecule has 1 atom stereocenters. The molecule has 0 spiro atoms. The molecule has 0 aliphatic carbocycles. The molecule has 1 aromatic heterocycles. The average molecular weight is 408 g/mol. The first-order chi connectivity index (χ1) is 14.7. The number of amides is 1. The van der Waals surface area contributed by atoms with Gasteiger partial charge in [-0.25, -0.2) is 0 Å². The standard InChI is InChI=1S/C24H28N2O4/c1-4-30-24-13-20-16(11-23(24)29-3)9-10-26(15-27)22(20)8-5-17-14-25-21-7-6-18(28-2)12-19(17)21/h6-7,11-15,22,25H,4-5,8-10H2,1-3H3. The van der Waals surface area contributed by atoms with Gasteiger partial charge in [-0.15, -0.1) is 0 Å². The molecular formula is C24H28N2O4. The first-order valence-corrected chi connectivity index (χ1v) is 10.4. The Morgan fingerprint density at radius 1 is 1.17 bits per heavy atom. The van der Waals surface area contributed by atoms with Gasteiger partial charge in [-0.2, -0.15) is 0 Å². The lowest BCUT2D eigenvalue weighted by molar-refractivity contribution is -0.120. The number of hydrogen-bond acceptors (Lipinski definition) is 4. The van der Waals surface area contributed by atoms with Crippen molar-refractivity contribution in [1.29, 1.82) is 0 Å². The van der Waals surface area contributed by atoms with Crippen LogP contribution in [0.3, 0.4) is 0 Å². The second-order valence-electron chi connectivity index (χ2n) is 7.51. The summed E-state index contributed by atoms with van der Waals surface area (Å²) in [5.74, 6) is 2.32. The summed E-state index contributed by atoms with van der Waals surface area (Å²) in [4.78, 5) is 17.1. The van der Waals surface area contributed by atoms with Gasteiger partial charge in [-0.3, -0.25) is 4.79 Å². The maximum absolute atomic E-state index is 11.8. The molecule has 2 aromatic carbocycles. The monoisotopic (exact) mass is 408 g/mol. The summed E-state index contributed by atoms with van der Waals surface area (Å²) in [6.07, 6.45) is 5.51. The molecule has 0 saturated heterocycles. The Labute approximate surface area is 176 Å². The molecule has 1 aliphatic heterocycles. The predicted molar refractivity (Wildman–Crippen MR) is 117 cm³/mol. The molecule has 3 aromatic rings. The molecule has 1 aliphatic rings. The van der Waals surface area contributed by atoms with Crippen LogP contribution in [0.5, 0.6) is 17.2 Å². The van der Waals surface area contributed by atoms with Crippen LogP contribution in [0.25, 0.3) is 10.9 Å². The van der Waals surface area contributed by atoms with Gasteiger partial charge in [-0.1, -0.05) is 0 Å². The number of carbonyl (C=O) groups excluding carboxylic acids is 1. The number of fused-ring (bicyclic) bond motifs is 2. The lowest BCUT2D eigenvalue weighted by atomic mass is 9.88. The van der Waals surface area contributed by atoms with Crippen LogP contribution in [0, 0.1) is 0 Å². The molecule has 158 valence electrons. The van der Waals surface area contributed by atoms with Gasteiger partial charge >= 0.3 is 0 Å². The molecule has 2 heterocycles. The van der Waals surface area contributed by atoms with Crippen LogP contribution < -0.4 is 14.2 Å². The van der Waals surface area contributed by atoms with Crippen molar-refractivity contribution in [3.8, 4) is 17.2 Å². The zero-order chi connectivity index (χ0) is 21.1. The number of nitrogens with one attached hydrogen (secondary N) is 1. The molecule has 6 heteroatoms. The van der Waals surface area contributed by atoms with Gasteiger partial charge in [0.15, 0.2) is 11.5 Å². The molecule has 0 fully saturated rings. The highest BCUT2D eigenvalue weighted by Gasteiger charge is 2.28. The van der Waals surface area contributed by atoms with E-state index in [-0.39, 0.29) is 6.04 Å². The second kappa shape index (κ2) is 8.69. The molecule has 0 saturated carbocycles. The molecule has 0 bridgehead atoms. The summed E-state index contributed by atoms with van der Waals surface area (Å²) >= 11 is 0. The first-order valence-electron chi connectivity index (χ1n) is 10.4. The number of ether oxygens (including phenoxy) is 3. The number of H-pyrrole nitrogens is 1. The van der Waals surface area contributed by atoms with Crippen molar-refractivity contribution in [2.75, 3.05) is 27.4 Å². The lowest BCUT2D eigenvalue weighted by Crippen LogP contribution is -2.34. The second-order valence-corrected chi connectivity index (χ2v) is 7.51. The quantitative estimate of drug-likeness (QED) is 0.566. The van der Waals surface area contributed by atoms with E-state index in [1.165, 1.54) is 11.1 Å². The van der Waals surface area contributed by atoms with Crippen molar-refractivity contribution >= 4 is 17.3 Å². The van der Waals surface area contributed by atoms with Crippen LogP contribution in [-0.2, 0) is 17.6 Å². The Kier molecular flexibility index (Phi) is 5.84. The minimum Gasteiger partial charge on any atom is -0.497 e. The molecule has 1 unspecified atom stereocenters. The summed E-state index contributed by atoms with van der Waals surface area (Å²) < 4.78 is 16.7. The Bertz CT molecular complexity index is 1040. The molecule has 6 nitrogen and oxygen atoms in total. The van der Waals surface area contributed by atoms with Crippen LogP contribution in [-0.4, -0.2) is 43.7 Å². The van der Waals surface area contributed by atoms with E-state index in [9.17, 15) is 4.79 Å². The van der Waals surface area contributed by atoms with Gasteiger partial charge in [0.25, 0.3) is 0 Å². The third-order valence-electron chi connectivity index (χ3n) is 5.92. The first kappa shape index (κ1) is 20.1. The fourth-order valence-electron chi connectivity index (χ4n) is 4.39. The summed E-state index contributed by atoms with van der Waals surface area (Å²) in [5, 5.41) is 1.16. The fourth-order valence-corrected chi connectivity index (χ4v) is 4.39. The Morgan fingerprint density at radius 3 is 2.77 bits per heavy atom. The van der Waals surface area contributed by atoms with Gasteiger partial charge in [0.05, 0.1) is 26.9 Å². The molecule has 1 N–H and O–H groups in total. The fraction of sp³-hybridized carbons (Fsp3) is 0.375. The van der Waals surface area contributed by atoms with Gasteiger partial charge in [-0.05, 0) is 73.2 Å². The summed E-state index contributed by atoms with van der Waals surface area (Å²) in [6.45, 7) is 3.23. The van der Waals surface area contributed by atoms with Gasteiger partial charge in [0.1, 0.15) is 5.75 Å². The Balaban J connectivity index is 1.65. The van der Waals surface area contributed by atoms with Crippen molar-refractivity contribution in [3.05, 3.63) is 53.2 Å². The van der Waals surface area contributed by atoms with Crippen molar-refractivity contribution in [2.24, 2.45) is 0 Å². The zero-order valence-electron chi connectivity index (χ0n) is 17.7. The van der Waals surface area contributed by atoms with Crippen molar-refractivity contribution in [3.63, 3.8) is 0 Å². The third-order valence-corrected chi connectivity index (χ3v) is 5.92. The average Bonchev–Trinajstić information content (AvgIpc) is 3.19. The van der Waals surface area contributed by atoms with Crippen molar-refractivity contribution in [1.82, 2.24) is 9.88 Å². The van der Waals surface area contributed by atoms with Crippen LogP contribution >= 0.6 is 0 Å². The maximum Gasteiger partial charge on any atom is 0.210 e. The van der Waals surface area contributed by atoms with E-state index in [1.807, 2.05) is 24.0 Å². The number of nitrogens with zero attached hydrogens (tertiary/aromatic N) is 1. The number of methoxy groups -OCH3 is 2. The van der Waals surface area contributed by atoms with Crippen LogP contribution in [0.4, 0.5) is 0 Å². The Hall–Kier alpha value is -3.15. The number of carbonyl (C=O) groups is 1. The summed E-state index contributed by atoms with van der Waals surface area (Å²) in [7, 11) is 3.34. The number of rotatable bonds is 8. The van der Waals surface area contributed by atoms with Crippen molar-refractivity contribution < 1.29 is 19.0 Å². The summed E-state index contributed by atoms with van der Waals surface area (Å²) in [6, 6.07) is 10.2. The van der Waals surface area contributed by atoms with E-state index in [1.54, 1.807) is 14.2 Å². The highest BCUT2D eigenvalue weighted by molar-refractivity contribution is 5.84. The Morgan fingerprint density at radius 2 is 2.03 bits per heavy atom. The highest BCUT2D eigenvalue weighted by Crippen LogP contribution is 2.40. The third kappa shape index (κ3) is 3.70. The largest absolute Gasteiger partial charge is 0.497 e. The zero-order valence-corrected chi connectivity index (χ0v) is 17.7. The van der Waals surface area contributed by atoms with E-state index in [2.05, 4.69) is 29.4 Å². The minimum atomic E-state index is 0.00641. The molecule has 4 rings (SSSR count). The molecule has 30 heavy (non-hydrogen) atoms. The predicted octanol–water partition coefficient (Wildman–Crippen LogP) is 4.27. The van der Waals surface area contributed by atoms with Crippen LogP contribution in [0.2, 0.25) is 0 Å². The van der Waals surface area contributed by atoms with Crippen LogP contribution in [0.15, 0.2) is 36.5 Å². The number of aromatic amines is 1. The SMILES string of the molecule is CCOc1cc2c(cc1OC)CCN(C=O)C2CCc1c[nH]c2ccc(OC)cc12. The van der Waals surface area contributed by atoms with Crippen molar-refractivity contribution in [2.45, 2.75) is 32.2 Å². The van der Waals surface area contributed by atoms with E-state index in [0.29, 0.717) is 13.2 Å². The number of aryl methyl sites for hydroxylation is 1. The normalized spacial score (nSPS) is 15.7. The van der Waals surface area contributed by atoms with E-state index >= 15 is 0 Å². The maximum atomic E-state index is 11.8. The molecule has 1 amide bonds. The van der Waals surface area contributed by atoms with Gasteiger partial charge in [0, 0.05) is 23.6 Å².